The van der Waals surface area contributed by atoms with Crippen molar-refractivity contribution in [3.05, 3.63) is 23.8 Å². The number of hydrogen-bond donors (Lipinski definition) is 3. The molecule has 0 bridgehead atoms. The Morgan fingerprint density at radius 2 is 2.25 bits per heavy atom. The molecule has 2 aliphatic rings. The van der Waals surface area contributed by atoms with E-state index in [1.54, 1.807) is 0 Å². The number of anilines is 2. The summed E-state index contributed by atoms with van der Waals surface area (Å²) in [5.41, 5.74) is 2.63. The van der Waals surface area contributed by atoms with Crippen LogP contribution in [-0.4, -0.2) is 38.8 Å². The van der Waals surface area contributed by atoms with Gasteiger partial charge < -0.3 is 20.7 Å². The molecule has 3 rings (SSSR count). The quantitative estimate of drug-likeness (QED) is 0.785. The summed E-state index contributed by atoms with van der Waals surface area (Å²) in [6.07, 6.45) is 2.22. The summed E-state index contributed by atoms with van der Waals surface area (Å²) in [5.74, 6) is 0.432. The van der Waals surface area contributed by atoms with Crippen LogP contribution >= 0.6 is 0 Å². The number of nitrogens with one attached hydrogen (secondary N) is 3. The van der Waals surface area contributed by atoms with Crippen LogP contribution in [-0.2, 0) is 4.74 Å². The van der Waals surface area contributed by atoms with Crippen LogP contribution in [0.4, 0.5) is 11.4 Å². The first kappa shape index (κ1) is 13.2. The van der Waals surface area contributed by atoms with Crippen molar-refractivity contribution in [2.24, 2.45) is 5.92 Å². The Hall–Kier alpha value is -1.75. The molecule has 1 saturated heterocycles. The highest BCUT2D eigenvalue weighted by molar-refractivity contribution is 6.02. The van der Waals surface area contributed by atoms with Crippen LogP contribution in [0.1, 0.15) is 23.2 Å². The summed E-state index contributed by atoms with van der Waals surface area (Å²) in [7, 11) is 0. The molecule has 0 saturated carbocycles. The van der Waals surface area contributed by atoms with E-state index in [1.165, 1.54) is 0 Å². The Bertz CT molecular complexity index is 484. The molecule has 1 amide bonds. The second-order valence-electron chi connectivity index (χ2n) is 5.37. The predicted octanol–water partition coefficient (Wildman–Crippen LogP) is 1.68. The van der Waals surface area contributed by atoms with Crippen LogP contribution in [0.5, 0.6) is 0 Å². The number of carbonyl (C=O) groups is 1. The van der Waals surface area contributed by atoms with E-state index in [1.807, 2.05) is 18.2 Å². The van der Waals surface area contributed by atoms with Crippen molar-refractivity contribution in [1.82, 2.24) is 5.32 Å². The third-order valence-electron chi connectivity index (χ3n) is 3.86. The Kier molecular flexibility index (Phi) is 4.06. The standard InChI is InChI=1S/C15H21N3O2/c19-15(18-9-11-3-2-8-20-10-11)12-4-1-5-13-14(12)17-7-6-16-13/h1,4-5,11,16-17H,2-3,6-10H2,(H,18,19). The monoisotopic (exact) mass is 275 g/mol. The second-order valence-corrected chi connectivity index (χ2v) is 5.37. The van der Waals surface area contributed by atoms with Crippen LogP contribution in [0, 0.1) is 5.92 Å². The van der Waals surface area contributed by atoms with Gasteiger partial charge in [0.05, 0.1) is 23.5 Å². The van der Waals surface area contributed by atoms with Crippen molar-refractivity contribution in [3.63, 3.8) is 0 Å². The molecule has 3 N–H and O–H groups in total. The molecule has 1 aromatic carbocycles. The van der Waals surface area contributed by atoms with Gasteiger partial charge in [0.1, 0.15) is 0 Å². The summed E-state index contributed by atoms with van der Waals surface area (Å²) < 4.78 is 5.44. The topological polar surface area (TPSA) is 62.4 Å². The maximum Gasteiger partial charge on any atom is 0.253 e. The maximum atomic E-state index is 12.3. The first-order valence-electron chi connectivity index (χ1n) is 7.31. The molecule has 1 unspecified atom stereocenters. The van der Waals surface area contributed by atoms with Gasteiger partial charge in [0.15, 0.2) is 0 Å². The fourth-order valence-corrected chi connectivity index (χ4v) is 2.76. The number of fused-ring (bicyclic) bond motifs is 1. The molecule has 1 aromatic rings. The fourth-order valence-electron chi connectivity index (χ4n) is 2.76. The highest BCUT2D eigenvalue weighted by Gasteiger charge is 2.19. The molecule has 20 heavy (non-hydrogen) atoms. The van der Waals surface area contributed by atoms with Gasteiger partial charge in [-0.15, -0.1) is 0 Å². The first-order chi connectivity index (χ1) is 9.84. The van der Waals surface area contributed by atoms with E-state index >= 15 is 0 Å². The molecule has 0 radical (unpaired) electrons. The molecule has 0 aliphatic carbocycles. The minimum absolute atomic E-state index is 0.0105. The lowest BCUT2D eigenvalue weighted by Crippen LogP contribution is -2.34. The number of para-hydroxylation sites is 1. The summed E-state index contributed by atoms with van der Waals surface area (Å²) in [4.78, 5) is 12.3. The number of benzene rings is 1. The summed E-state index contributed by atoms with van der Waals surface area (Å²) >= 11 is 0. The minimum atomic E-state index is -0.0105. The second kappa shape index (κ2) is 6.13. The van der Waals surface area contributed by atoms with Gasteiger partial charge in [-0.3, -0.25) is 4.79 Å². The van der Waals surface area contributed by atoms with Gasteiger partial charge >= 0.3 is 0 Å². The van der Waals surface area contributed by atoms with E-state index in [4.69, 9.17) is 4.74 Å². The average Bonchev–Trinajstić information content (AvgIpc) is 2.53. The van der Waals surface area contributed by atoms with Crippen molar-refractivity contribution < 1.29 is 9.53 Å². The maximum absolute atomic E-state index is 12.3. The van der Waals surface area contributed by atoms with Crippen molar-refractivity contribution in [3.8, 4) is 0 Å². The predicted molar refractivity (Wildman–Crippen MR) is 79.3 cm³/mol. The van der Waals surface area contributed by atoms with E-state index in [0.29, 0.717) is 18.0 Å². The normalized spacial score (nSPS) is 21.3. The van der Waals surface area contributed by atoms with Crippen LogP contribution < -0.4 is 16.0 Å². The molecule has 2 aliphatic heterocycles. The third kappa shape index (κ3) is 2.88. The van der Waals surface area contributed by atoms with Crippen LogP contribution in [0.15, 0.2) is 18.2 Å². The number of ether oxygens (including phenoxy) is 1. The lowest BCUT2D eigenvalue weighted by Gasteiger charge is -2.24. The van der Waals surface area contributed by atoms with Crippen molar-refractivity contribution in [2.75, 3.05) is 43.5 Å². The molecule has 5 heteroatoms. The van der Waals surface area contributed by atoms with Crippen LogP contribution in [0.2, 0.25) is 0 Å². The van der Waals surface area contributed by atoms with E-state index in [2.05, 4.69) is 16.0 Å². The molecule has 2 heterocycles. The summed E-state index contributed by atoms with van der Waals surface area (Å²) in [6.45, 7) is 4.03. The summed E-state index contributed by atoms with van der Waals surface area (Å²) in [5, 5.41) is 9.63. The first-order valence-corrected chi connectivity index (χ1v) is 7.31. The Morgan fingerprint density at radius 1 is 1.35 bits per heavy atom. The highest BCUT2D eigenvalue weighted by Crippen LogP contribution is 2.28. The van der Waals surface area contributed by atoms with Gasteiger partial charge in [0.25, 0.3) is 5.91 Å². The molecule has 1 fully saturated rings. The van der Waals surface area contributed by atoms with Crippen molar-refractivity contribution in [1.29, 1.82) is 0 Å². The van der Waals surface area contributed by atoms with Gasteiger partial charge in [0, 0.05) is 26.2 Å². The zero-order valence-corrected chi connectivity index (χ0v) is 11.6. The highest BCUT2D eigenvalue weighted by atomic mass is 16.5. The molecule has 0 spiro atoms. The van der Waals surface area contributed by atoms with E-state index in [0.717, 1.165) is 50.5 Å². The fraction of sp³-hybridized carbons (Fsp3) is 0.533. The molecule has 0 aromatic heterocycles. The average molecular weight is 275 g/mol. The SMILES string of the molecule is O=C(NCC1CCCOC1)c1cccc2c1NCCN2. The van der Waals surface area contributed by atoms with Gasteiger partial charge in [-0.2, -0.15) is 0 Å². The van der Waals surface area contributed by atoms with E-state index < -0.39 is 0 Å². The molecular formula is C15H21N3O2. The molecule has 1 atom stereocenters. The Balaban J connectivity index is 1.64. The van der Waals surface area contributed by atoms with E-state index in [9.17, 15) is 4.79 Å². The van der Waals surface area contributed by atoms with Gasteiger partial charge in [-0.05, 0) is 30.9 Å². The lowest BCUT2D eigenvalue weighted by atomic mass is 10.0. The van der Waals surface area contributed by atoms with Gasteiger partial charge in [0.2, 0.25) is 0 Å². The Labute approximate surface area is 119 Å². The molecular weight excluding hydrogens is 254 g/mol. The number of hydrogen-bond acceptors (Lipinski definition) is 4. The minimum Gasteiger partial charge on any atom is -0.382 e. The van der Waals surface area contributed by atoms with Gasteiger partial charge in [-0.1, -0.05) is 6.07 Å². The zero-order chi connectivity index (χ0) is 13.8. The van der Waals surface area contributed by atoms with Crippen molar-refractivity contribution in [2.45, 2.75) is 12.8 Å². The molecule has 108 valence electrons. The van der Waals surface area contributed by atoms with E-state index in [-0.39, 0.29) is 5.91 Å². The van der Waals surface area contributed by atoms with Crippen LogP contribution in [0.25, 0.3) is 0 Å². The van der Waals surface area contributed by atoms with Crippen LogP contribution in [0.3, 0.4) is 0 Å². The Morgan fingerprint density at radius 3 is 3.10 bits per heavy atom. The number of rotatable bonds is 3. The third-order valence-corrected chi connectivity index (χ3v) is 3.86. The molecule has 5 nitrogen and oxygen atoms in total. The number of carbonyl (C=O) groups excluding carboxylic acids is 1. The lowest BCUT2D eigenvalue weighted by molar-refractivity contribution is 0.0536. The smallest absolute Gasteiger partial charge is 0.253 e. The van der Waals surface area contributed by atoms with Crippen molar-refractivity contribution >= 4 is 17.3 Å². The van der Waals surface area contributed by atoms with Gasteiger partial charge in [-0.25, -0.2) is 0 Å². The summed E-state index contributed by atoms with van der Waals surface area (Å²) in [6, 6.07) is 5.77. The number of amides is 1. The largest absolute Gasteiger partial charge is 0.382 e. The zero-order valence-electron chi connectivity index (χ0n) is 11.6.